The van der Waals surface area contributed by atoms with E-state index in [2.05, 4.69) is 33.5 Å². The van der Waals surface area contributed by atoms with Crippen LogP contribution < -0.4 is 4.90 Å². The monoisotopic (exact) mass is 311 g/mol. The van der Waals surface area contributed by atoms with Gasteiger partial charge in [0.2, 0.25) is 5.91 Å². The number of carbonyl (C=O) groups is 1. The number of carbonyl (C=O) groups excluding carboxylic acids is 1. The molecule has 1 fully saturated rings. The van der Waals surface area contributed by atoms with Gasteiger partial charge >= 0.3 is 0 Å². The van der Waals surface area contributed by atoms with E-state index >= 15 is 0 Å². The summed E-state index contributed by atoms with van der Waals surface area (Å²) in [6.45, 7) is 0.639. The van der Waals surface area contributed by atoms with Gasteiger partial charge in [-0.25, -0.2) is 4.98 Å². The SMILES string of the molecule is N#Cc1cnc(N2CC(CS)CC2=O)c(Br)c1. The molecular weight excluding hydrogens is 302 g/mol. The van der Waals surface area contributed by atoms with Gasteiger partial charge < -0.3 is 0 Å². The molecule has 0 spiro atoms. The minimum absolute atomic E-state index is 0.0574. The fourth-order valence-electron chi connectivity index (χ4n) is 1.80. The molecule has 2 rings (SSSR count). The summed E-state index contributed by atoms with van der Waals surface area (Å²) in [4.78, 5) is 17.6. The predicted octanol–water partition coefficient (Wildman–Crippen LogP) is 2.00. The van der Waals surface area contributed by atoms with Crippen LogP contribution in [0.1, 0.15) is 12.0 Å². The molecule has 1 atom stereocenters. The minimum Gasteiger partial charge on any atom is -0.296 e. The van der Waals surface area contributed by atoms with E-state index in [1.807, 2.05) is 6.07 Å². The predicted molar refractivity (Wildman–Crippen MR) is 71.0 cm³/mol. The maximum absolute atomic E-state index is 11.8. The Bertz CT molecular complexity index is 500. The second-order valence-corrected chi connectivity index (χ2v) is 5.12. The van der Waals surface area contributed by atoms with E-state index in [1.165, 1.54) is 6.20 Å². The van der Waals surface area contributed by atoms with E-state index in [-0.39, 0.29) is 11.8 Å². The highest BCUT2D eigenvalue weighted by Crippen LogP contribution is 2.30. The second kappa shape index (κ2) is 5.07. The molecule has 1 aromatic rings. The number of thiol groups is 1. The summed E-state index contributed by atoms with van der Waals surface area (Å²) in [6.07, 6.45) is 1.99. The largest absolute Gasteiger partial charge is 0.296 e. The molecule has 1 aliphatic rings. The summed E-state index contributed by atoms with van der Waals surface area (Å²) in [5.74, 6) is 1.60. The van der Waals surface area contributed by atoms with Crippen molar-refractivity contribution in [1.29, 1.82) is 5.26 Å². The highest BCUT2D eigenvalue weighted by molar-refractivity contribution is 9.10. The van der Waals surface area contributed by atoms with Crippen molar-refractivity contribution < 1.29 is 4.79 Å². The highest BCUT2D eigenvalue weighted by Gasteiger charge is 2.31. The molecule has 0 saturated carbocycles. The molecule has 6 heteroatoms. The van der Waals surface area contributed by atoms with Crippen molar-refractivity contribution in [3.8, 4) is 6.07 Å². The third kappa shape index (κ3) is 2.45. The van der Waals surface area contributed by atoms with Gasteiger partial charge in [0.25, 0.3) is 0 Å². The molecule has 0 bridgehead atoms. The molecule has 17 heavy (non-hydrogen) atoms. The first-order valence-electron chi connectivity index (χ1n) is 5.12. The smallest absolute Gasteiger partial charge is 0.228 e. The van der Waals surface area contributed by atoms with Crippen LogP contribution in [-0.4, -0.2) is 23.2 Å². The number of anilines is 1. The number of nitrogens with zero attached hydrogens (tertiary/aromatic N) is 3. The van der Waals surface area contributed by atoms with Crippen LogP contribution in [-0.2, 0) is 4.79 Å². The summed E-state index contributed by atoms with van der Waals surface area (Å²) < 4.78 is 0.671. The van der Waals surface area contributed by atoms with Crippen LogP contribution >= 0.6 is 28.6 Å². The molecule has 88 valence electrons. The van der Waals surface area contributed by atoms with Gasteiger partial charge in [-0.1, -0.05) is 0 Å². The number of halogens is 1. The lowest BCUT2D eigenvalue weighted by molar-refractivity contribution is -0.117. The van der Waals surface area contributed by atoms with Crippen LogP contribution in [0.2, 0.25) is 0 Å². The molecule has 2 heterocycles. The quantitative estimate of drug-likeness (QED) is 0.850. The van der Waals surface area contributed by atoms with Crippen LogP contribution in [0.3, 0.4) is 0 Å². The first-order chi connectivity index (χ1) is 8.15. The van der Waals surface area contributed by atoms with E-state index in [0.29, 0.717) is 34.6 Å². The topological polar surface area (TPSA) is 57.0 Å². The lowest BCUT2D eigenvalue weighted by Crippen LogP contribution is -2.26. The van der Waals surface area contributed by atoms with Gasteiger partial charge in [0.1, 0.15) is 11.9 Å². The fourth-order valence-corrected chi connectivity index (χ4v) is 2.61. The highest BCUT2D eigenvalue weighted by atomic mass is 79.9. The standard InChI is InChI=1S/C11H10BrN3OS/c12-9-1-7(3-13)4-14-11(9)15-5-8(6-17)2-10(15)16/h1,4,8,17H,2,5-6H2. The molecule has 0 aromatic carbocycles. The number of pyridine rings is 1. The lowest BCUT2D eigenvalue weighted by Gasteiger charge is -2.16. The van der Waals surface area contributed by atoms with Gasteiger partial charge in [-0.05, 0) is 33.7 Å². The summed E-state index contributed by atoms with van der Waals surface area (Å²) in [7, 11) is 0. The van der Waals surface area contributed by atoms with Gasteiger partial charge in [0.15, 0.2) is 0 Å². The minimum atomic E-state index is 0.0574. The number of rotatable bonds is 2. The average molecular weight is 312 g/mol. The van der Waals surface area contributed by atoms with Crippen LogP contribution in [0.15, 0.2) is 16.7 Å². The van der Waals surface area contributed by atoms with Crippen molar-refractivity contribution in [2.45, 2.75) is 6.42 Å². The van der Waals surface area contributed by atoms with Crippen molar-refractivity contribution in [3.05, 3.63) is 22.3 Å². The van der Waals surface area contributed by atoms with Crippen LogP contribution in [0, 0.1) is 17.2 Å². The number of hydrogen-bond donors (Lipinski definition) is 1. The Labute approximate surface area is 113 Å². The molecule has 1 aliphatic heterocycles. The summed E-state index contributed by atoms with van der Waals surface area (Å²) in [5, 5.41) is 8.75. The van der Waals surface area contributed by atoms with Crippen molar-refractivity contribution in [2.24, 2.45) is 5.92 Å². The van der Waals surface area contributed by atoms with E-state index in [1.54, 1.807) is 11.0 Å². The number of amides is 1. The molecule has 1 saturated heterocycles. The van der Waals surface area contributed by atoms with Gasteiger partial charge in [-0.15, -0.1) is 0 Å². The average Bonchev–Trinajstić information content (AvgIpc) is 2.70. The van der Waals surface area contributed by atoms with E-state index in [0.717, 1.165) is 0 Å². The van der Waals surface area contributed by atoms with E-state index in [4.69, 9.17) is 5.26 Å². The fraction of sp³-hybridized carbons (Fsp3) is 0.364. The van der Waals surface area contributed by atoms with Crippen LogP contribution in [0.25, 0.3) is 0 Å². The third-order valence-corrected chi connectivity index (χ3v) is 3.77. The zero-order valence-corrected chi connectivity index (χ0v) is 11.4. The van der Waals surface area contributed by atoms with Gasteiger partial charge in [-0.2, -0.15) is 17.9 Å². The van der Waals surface area contributed by atoms with Crippen molar-refractivity contribution in [1.82, 2.24) is 4.98 Å². The zero-order chi connectivity index (χ0) is 12.4. The second-order valence-electron chi connectivity index (χ2n) is 3.90. The van der Waals surface area contributed by atoms with Crippen LogP contribution in [0.4, 0.5) is 5.82 Å². The van der Waals surface area contributed by atoms with Gasteiger partial charge in [0, 0.05) is 19.2 Å². The maximum Gasteiger partial charge on any atom is 0.228 e. The molecular formula is C11H10BrN3OS. The van der Waals surface area contributed by atoms with Crippen molar-refractivity contribution in [3.63, 3.8) is 0 Å². The Balaban J connectivity index is 2.29. The number of nitriles is 1. The Kier molecular flexibility index (Phi) is 3.69. The molecule has 1 unspecified atom stereocenters. The Hall–Kier alpha value is -1.06. The summed E-state index contributed by atoms with van der Waals surface area (Å²) in [6, 6.07) is 3.68. The van der Waals surface area contributed by atoms with Crippen LogP contribution in [0.5, 0.6) is 0 Å². The van der Waals surface area contributed by atoms with E-state index < -0.39 is 0 Å². The van der Waals surface area contributed by atoms with Crippen molar-refractivity contribution >= 4 is 40.3 Å². The molecule has 0 aliphatic carbocycles. The molecule has 4 nitrogen and oxygen atoms in total. The number of aromatic nitrogens is 1. The first-order valence-corrected chi connectivity index (χ1v) is 6.55. The molecule has 0 radical (unpaired) electrons. The Morgan fingerprint density at radius 2 is 2.47 bits per heavy atom. The lowest BCUT2D eigenvalue weighted by atomic mass is 10.1. The summed E-state index contributed by atoms with van der Waals surface area (Å²) >= 11 is 7.55. The first kappa shape index (κ1) is 12.4. The summed E-state index contributed by atoms with van der Waals surface area (Å²) in [5.41, 5.74) is 0.470. The maximum atomic E-state index is 11.8. The Morgan fingerprint density at radius 3 is 3.00 bits per heavy atom. The van der Waals surface area contributed by atoms with Gasteiger partial charge in [0.05, 0.1) is 10.0 Å². The third-order valence-electron chi connectivity index (χ3n) is 2.67. The zero-order valence-electron chi connectivity index (χ0n) is 8.93. The van der Waals surface area contributed by atoms with E-state index in [9.17, 15) is 4.79 Å². The molecule has 1 amide bonds. The molecule has 0 N–H and O–H groups in total. The molecule has 1 aromatic heterocycles. The normalized spacial score (nSPS) is 19.5. The van der Waals surface area contributed by atoms with Gasteiger partial charge in [-0.3, -0.25) is 9.69 Å². The number of hydrogen-bond acceptors (Lipinski definition) is 4. The Morgan fingerprint density at radius 1 is 1.71 bits per heavy atom. The van der Waals surface area contributed by atoms with Crippen molar-refractivity contribution in [2.75, 3.05) is 17.2 Å².